The summed E-state index contributed by atoms with van der Waals surface area (Å²) < 4.78 is 16.6. The maximum absolute atomic E-state index is 13.2. The van der Waals surface area contributed by atoms with Gasteiger partial charge in [-0.2, -0.15) is 0 Å². The second-order valence-electron chi connectivity index (χ2n) is 8.31. The van der Waals surface area contributed by atoms with Crippen LogP contribution < -0.4 is 19.5 Å². The number of nitrogens with one attached hydrogen (secondary N) is 1. The lowest BCUT2D eigenvalue weighted by molar-refractivity contribution is -0.125. The van der Waals surface area contributed by atoms with E-state index in [1.165, 1.54) is 7.11 Å². The Morgan fingerprint density at radius 2 is 1.73 bits per heavy atom. The molecule has 0 radical (unpaired) electrons. The first kappa shape index (κ1) is 24.7. The van der Waals surface area contributed by atoms with E-state index in [9.17, 15) is 9.59 Å². The van der Waals surface area contributed by atoms with E-state index in [4.69, 9.17) is 25.8 Å². The number of hydrogen-bond donors (Lipinski definition) is 1. The molecule has 1 heterocycles. The summed E-state index contributed by atoms with van der Waals surface area (Å²) >= 11 is 6.10. The average molecular weight is 475 g/mol. The van der Waals surface area contributed by atoms with Crippen molar-refractivity contribution in [2.75, 3.05) is 20.8 Å². The smallest absolute Gasteiger partial charge is 0.258 e. The summed E-state index contributed by atoms with van der Waals surface area (Å²) in [6.45, 7) is 6.29. The molecular weight excluding hydrogens is 444 g/mol. The van der Waals surface area contributed by atoms with Crippen LogP contribution in [0.4, 0.5) is 0 Å². The summed E-state index contributed by atoms with van der Waals surface area (Å²) in [7, 11) is 3.09. The van der Waals surface area contributed by atoms with Crippen LogP contribution in [-0.4, -0.2) is 49.6 Å². The SMILES string of the molecule is COc1cc(C(C)NC(=O)C2CCCN2C(=O)c2cc(Cl)ccc2OC)ccc1OC(C)C. The van der Waals surface area contributed by atoms with Crippen LogP contribution in [0.1, 0.15) is 55.6 Å². The van der Waals surface area contributed by atoms with Gasteiger partial charge in [0.05, 0.1) is 31.9 Å². The monoisotopic (exact) mass is 474 g/mol. The zero-order valence-electron chi connectivity index (χ0n) is 19.7. The van der Waals surface area contributed by atoms with Crippen molar-refractivity contribution < 1.29 is 23.8 Å². The fourth-order valence-corrected chi connectivity index (χ4v) is 4.15. The molecule has 0 aliphatic carbocycles. The molecule has 0 saturated carbocycles. The summed E-state index contributed by atoms with van der Waals surface area (Å²) in [5, 5.41) is 3.48. The number of hydrogen-bond acceptors (Lipinski definition) is 5. The fraction of sp³-hybridized carbons (Fsp3) is 0.440. The Balaban J connectivity index is 1.74. The minimum atomic E-state index is -0.561. The minimum absolute atomic E-state index is 0.0193. The average Bonchev–Trinajstić information content (AvgIpc) is 3.28. The third-order valence-corrected chi connectivity index (χ3v) is 5.85. The van der Waals surface area contributed by atoms with Gasteiger partial charge in [0.15, 0.2) is 11.5 Å². The minimum Gasteiger partial charge on any atom is -0.496 e. The summed E-state index contributed by atoms with van der Waals surface area (Å²) in [6.07, 6.45) is 1.36. The predicted molar refractivity (Wildman–Crippen MR) is 127 cm³/mol. The predicted octanol–water partition coefficient (Wildman–Crippen LogP) is 4.63. The number of rotatable bonds is 8. The van der Waals surface area contributed by atoms with Crippen LogP contribution >= 0.6 is 11.6 Å². The molecule has 1 aliphatic heterocycles. The zero-order valence-corrected chi connectivity index (χ0v) is 20.4. The molecule has 0 spiro atoms. The molecule has 33 heavy (non-hydrogen) atoms. The molecule has 3 rings (SSSR count). The standard InChI is InChI=1S/C25H31ClN2O5/c1-15(2)33-22-10-8-17(13-23(22)32-5)16(3)27-24(29)20-7-6-12-28(20)25(30)19-14-18(26)9-11-21(19)31-4/h8-11,13-16,20H,6-7,12H2,1-5H3,(H,27,29). The van der Waals surface area contributed by atoms with Crippen LogP contribution in [0.15, 0.2) is 36.4 Å². The first-order chi connectivity index (χ1) is 15.7. The van der Waals surface area contributed by atoms with Gasteiger partial charge in [-0.15, -0.1) is 0 Å². The lowest BCUT2D eigenvalue weighted by atomic mass is 10.1. The number of amides is 2. The third-order valence-electron chi connectivity index (χ3n) is 5.62. The Bertz CT molecular complexity index is 1010. The molecule has 1 fully saturated rings. The summed E-state index contributed by atoms with van der Waals surface area (Å²) in [4.78, 5) is 28.0. The van der Waals surface area contributed by atoms with Crippen LogP contribution in [-0.2, 0) is 4.79 Å². The van der Waals surface area contributed by atoms with Gasteiger partial charge in [-0.05, 0) is 69.5 Å². The Morgan fingerprint density at radius 1 is 1.03 bits per heavy atom. The molecule has 7 nitrogen and oxygen atoms in total. The molecule has 2 aromatic rings. The molecule has 0 aromatic heterocycles. The number of nitrogens with zero attached hydrogens (tertiary/aromatic N) is 1. The topological polar surface area (TPSA) is 77.1 Å². The van der Waals surface area contributed by atoms with Crippen molar-refractivity contribution in [3.63, 3.8) is 0 Å². The highest BCUT2D eigenvalue weighted by Gasteiger charge is 2.36. The summed E-state index contributed by atoms with van der Waals surface area (Å²) in [5.41, 5.74) is 1.23. The number of methoxy groups -OCH3 is 2. The van der Waals surface area contributed by atoms with Crippen LogP contribution in [0.25, 0.3) is 0 Å². The van der Waals surface area contributed by atoms with Crippen LogP contribution in [0.3, 0.4) is 0 Å². The van der Waals surface area contributed by atoms with E-state index in [-0.39, 0.29) is 24.0 Å². The zero-order chi connectivity index (χ0) is 24.1. The molecule has 8 heteroatoms. The molecule has 0 bridgehead atoms. The molecule has 2 atom stereocenters. The van der Waals surface area contributed by atoms with Gasteiger partial charge in [-0.25, -0.2) is 0 Å². The van der Waals surface area contributed by atoms with Gasteiger partial charge in [0.2, 0.25) is 5.91 Å². The van der Waals surface area contributed by atoms with Gasteiger partial charge in [0, 0.05) is 11.6 Å². The number of carbonyl (C=O) groups excluding carboxylic acids is 2. The van der Waals surface area contributed by atoms with Gasteiger partial charge < -0.3 is 24.4 Å². The van der Waals surface area contributed by atoms with Crippen molar-refractivity contribution in [2.45, 2.75) is 51.8 Å². The molecule has 2 amide bonds. The van der Waals surface area contributed by atoms with Gasteiger partial charge in [-0.3, -0.25) is 9.59 Å². The Hall–Kier alpha value is -2.93. The largest absolute Gasteiger partial charge is 0.496 e. The highest BCUT2D eigenvalue weighted by atomic mass is 35.5. The quantitative estimate of drug-likeness (QED) is 0.603. The first-order valence-electron chi connectivity index (χ1n) is 11.0. The van der Waals surface area contributed by atoms with Gasteiger partial charge in [0.1, 0.15) is 11.8 Å². The van der Waals surface area contributed by atoms with Gasteiger partial charge in [0.25, 0.3) is 5.91 Å². The Morgan fingerprint density at radius 3 is 2.39 bits per heavy atom. The van der Waals surface area contributed by atoms with E-state index in [1.807, 2.05) is 39.0 Å². The summed E-state index contributed by atoms with van der Waals surface area (Å²) in [6, 6.07) is 9.66. The van der Waals surface area contributed by atoms with Crippen molar-refractivity contribution in [1.29, 1.82) is 0 Å². The molecular formula is C25H31ClN2O5. The maximum atomic E-state index is 13.2. The third kappa shape index (κ3) is 5.71. The number of ether oxygens (including phenoxy) is 3. The van der Waals surface area contributed by atoms with Crippen molar-refractivity contribution in [2.24, 2.45) is 0 Å². The Labute approximate surface area is 200 Å². The fourth-order valence-electron chi connectivity index (χ4n) is 3.98. The van der Waals surface area contributed by atoms with Gasteiger partial charge >= 0.3 is 0 Å². The molecule has 1 saturated heterocycles. The number of halogens is 1. The van der Waals surface area contributed by atoms with Crippen molar-refractivity contribution in [3.8, 4) is 17.2 Å². The number of benzene rings is 2. The summed E-state index contributed by atoms with van der Waals surface area (Å²) in [5.74, 6) is 1.22. The number of carbonyl (C=O) groups is 2. The normalized spacial score (nSPS) is 16.5. The molecule has 178 valence electrons. The first-order valence-corrected chi connectivity index (χ1v) is 11.4. The van der Waals surface area contributed by atoms with Crippen LogP contribution in [0.2, 0.25) is 5.02 Å². The Kier molecular flexibility index (Phi) is 8.08. The van der Waals surface area contributed by atoms with Crippen molar-refractivity contribution in [3.05, 3.63) is 52.5 Å². The van der Waals surface area contributed by atoms with E-state index < -0.39 is 6.04 Å². The van der Waals surface area contributed by atoms with Gasteiger partial charge in [-0.1, -0.05) is 17.7 Å². The van der Waals surface area contributed by atoms with Crippen LogP contribution in [0.5, 0.6) is 17.2 Å². The lowest BCUT2D eigenvalue weighted by Crippen LogP contribution is -2.46. The maximum Gasteiger partial charge on any atom is 0.258 e. The number of likely N-dealkylation sites (tertiary alicyclic amines) is 1. The van der Waals surface area contributed by atoms with Crippen molar-refractivity contribution >= 4 is 23.4 Å². The van der Waals surface area contributed by atoms with E-state index in [1.54, 1.807) is 30.2 Å². The molecule has 1 aliphatic rings. The highest BCUT2D eigenvalue weighted by Crippen LogP contribution is 2.32. The lowest BCUT2D eigenvalue weighted by Gasteiger charge is -2.26. The van der Waals surface area contributed by atoms with Crippen LogP contribution in [0, 0.1) is 0 Å². The molecule has 2 unspecified atom stereocenters. The van der Waals surface area contributed by atoms with E-state index >= 15 is 0 Å². The highest BCUT2D eigenvalue weighted by molar-refractivity contribution is 6.31. The van der Waals surface area contributed by atoms with Crippen molar-refractivity contribution in [1.82, 2.24) is 10.2 Å². The molecule has 2 aromatic carbocycles. The second kappa shape index (κ2) is 10.8. The van der Waals surface area contributed by atoms with E-state index in [0.717, 1.165) is 12.0 Å². The molecule has 1 N–H and O–H groups in total. The van der Waals surface area contributed by atoms with E-state index in [0.29, 0.717) is 40.8 Å². The van der Waals surface area contributed by atoms with E-state index in [2.05, 4.69) is 5.32 Å². The second-order valence-corrected chi connectivity index (χ2v) is 8.74.